The minimum absolute atomic E-state index is 0.254. The number of likely N-dealkylation sites (tertiary alicyclic amines) is 1. The second-order valence-corrected chi connectivity index (χ2v) is 6.18. The van der Waals surface area contributed by atoms with Gasteiger partial charge in [-0.1, -0.05) is 24.3 Å². The average molecular weight is 329 g/mol. The number of aliphatic carboxylic acids is 1. The van der Waals surface area contributed by atoms with Gasteiger partial charge in [0.1, 0.15) is 11.6 Å². The summed E-state index contributed by atoms with van der Waals surface area (Å²) in [4.78, 5) is 14.0. The first-order valence-electron chi connectivity index (χ1n) is 7.83. The lowest BCUT2D eigenvalue weighted by molar-refractivity contribution is -0.143. The highest BCUT2D eigenvalue weighted by molar-refractivity contribution is 5.73. The normalized spacial score (nSPS) is 24.0. The third kappa shape index (κ3) is 2.99. The fourth-order valence-corrected chi connectivity index (χ4v) is 3.65. The summed E-state index contributed by atoms with van der Waals surface area (Å²) in [6.07, 6.45) is 0. The second kappa shape index (κ2) is 6.61. The average Bonchev–Trinajstić information content (AvgIpc) is 2.92. The lowest BCUT2D eigenvalue weighted by Crippen LogP contribution is -2.26. The Morgan fingerprint density at radius 1 is 1.21 bits per heavy atom. The van der Waals surface area contributed by atoms with Crippen LogP contribution in [0.1, 0.15) is 23.1 Å². The molecule has 0 saturated carbocycles. The molecule has 1 heterocycles. The first-order chi connectivity index (χ1) is 11.5. The van der Waals surface area contributed by atoms with Crippen molar-refractivity contribution < 1.29 is 19.0 Å². The van der Waals surface area contributed by atoms with E-state index in [2.05, 4.69) is 0 Å². The number of carboxylic acids is 1. The van der Waals surface area contributed by atoms with Gasteiger partial charge in [0.15, 0.2) is 0 Å². The maximum atomic E-state index is 13.6. The van der Waals surface area contributed by atoms with Crippen molar-refractivity contribution in [2.24, 2.45) is 5.92 Å². The van der Waals surface area contributed by atoms with E-state index in [1.807, 2.05) is 36.2 Å². The van der Waals surface area contributed by atoms with E-state index >= 15 is 0 Å². The van der Waals surface area contributed by atoms with E-state index in [9.17, 15) is 14.3 Å². The molecule has 1 aliphatic rings. The van der Waals surface area contributed by atoms with Gasteiger partial charge in [-0.05, 0) is 42.4 Å². The smallest absolute Gasteiger partial charge is 0.309 e. The van der Waals surface area contributed by atoms with Crippen molar-refractivity contribution in [2.45, 2.75) is 12.0 Å². The molecule has 0 amide bonds. The number of hydrogen-bond donors (Lipinski definition) is 1. The highest BCUT2D eigenvalue weighted by Gasteiger charge is 2.45. The first-order valence-corrected chi connectivity index (χ1v) is 7.83. The van der Waals surface area contributed by atoms with Crippen LogP contribution in [0.5, 0.6) is 5.75 Å². The molecule has 0 aliphatic carbocycles. The molecule has 1 aliphatic heterocycles. The maximum Gasteiger partial charge on any atom is 0.309 e. The third-order valence-electron chi connectivity index (χ3n) is 4.75. The van der Waals surface area contributed by atoms with Crippen LogP contribution in [0.15, 0.2) is 48.5 Å². The van der Waals surface area contributed by atoms with Crippen molar-refractivity contribution in [1.82, 2.24) is 4.90 Å². The van der Waals surface area contributed by atoms with E-state index in [1.165, 1.54) is 12.1 Å². The highest BCUT2D eigenvalue weighted by atomic mass is 19.1. The molecule has 5 heteroatoms. The molecule has 24 heavy (non-hydrogen) atoms. The maximum absolute atomic E-state index is 13.6. The van der Waals surface area contributed by atoms with E-state index in [-0.39, 0.29) is 17.8 Å². The lowest BCUT2D eigenvalue weighted by Gasteiger charge is -2.24. The van der Waals surface area contributed by atoms with Crippen molar-refractivity contribution in [3.8, 4) is 5.75 Å². The molecule has 3 atom stereocenters. The Hall–Kier alpha value is -2.40. The van der Waals surface area contributed by atoms with Crippen LogP contribution in [0.2, 0.25) is 0 Å². The summed E-state index contributed by atoms with van der Waals surface area (Å²) in [7, 11) is 3.50. The van der Waals surface area contributed by atoms with Gasteiger partial charge < -0.3 is 9.84 Å². The van der Waals surface area contributed by atoms with Gasteiger partial charge in [-0.2, -0.15) is 0 Å². The van der Waals surface area contributed by atoms with Gasteiger partial charge in [0.25, 0.3) is 0 Å². The number of halogens is 1. The van der Waals surface area contributed by atoms with Gasteiger partial charge in [-0.25, -0.2) is 4.39 Å². The van der Waals surface area contributed by atoms with Crippen LogP contribution in [-0.4, -0.2) is 36.7 Å². The topological polar surface area (TPSA) is 49.8 Å². The van der Waals surface area contributed by atoms with E-state index < -0.39 is 11.9 Å². The number of carbonyl (C=O) groups is 1. The summed E-state index contributed by atoms with van der Waals surface area (Å²) in [6, 6.07) is 13.4. The molecule has 1 saturated heterocycles. The molecule has 1 N–H and O–H groups in total. The number of hydrogen-bond acceptors (Lipinski definition) is 3. The van der Waals surface area contributed by atoms with Gasteiger partial charge in [0.05, 0.1) is 13.0 Å². The van der Waals surface area contributed by atoms with Gasteiger partial charge in [-0.15, -0.1) is 0 Å². The molecule has 126 valence electrons. The van der Waals surface area contributed by atoms with Gasteiger partial charge in [0.2, 0.25) is 0 Å². The van der Waals surface area contributed by atoms with Crippen molar-refractivity contribution in [1.29, 1.82) is 0 Å². The van der Waals surface area contributed by atoms with Crippen LogP contribution in [-0.2, 0) is 4.79 Å². The third-order valence-corrected chi connectivity index (χ3v) is 4.75. The minimum Gasteiger partial charge on any atom is -0.497 e. The van der Waals surface area contributed by atoms with Gasteiger partial charge in [0, 0.05) is 18.5 Å². The molecule has 3 rings (SSSR count). The van der Waals surface area contributed by atoms with Crippen LogP contribution in [0.3, 0.4) is 0 Å². The Morgan fingerprint density at radius 3 is 2.50 bits per heavy atom. The van der Waals surface area contributed by atoms with Crippen molar-refractivity contribution in [3.05, 3.63) is 65.5 Å². The quantitative estimate of drug-likeness (QED) is 0.935. The number of methoxy groups -OCH3 is 1. The second-order valence-electron chi connectivity index (χ2n) is 6.18. The Kier molecular flexibility index (Phi) is 4.53. The zero-order chi connectivity index (χ0) is 17.3. The molecule has 2 aromatic rings. The highest BCUT2D eigenvalue weighted by Crippen LogP contribution is 2.45. The minimum atomic E-state index is -0.866. The SMILES string of the molecule is COc1ccc(C2C(C(=O)O)C(c3cccc(F)c3)CN2C)cc1. The summed E-state index contributed by atoms with van der Waals surface area (Å²) in [6.45, 7) is 0.567. The fraction of sp³-hybridized carbons (Fsp3) is 0.316. The Morgan fingerprint density at radius 2 is 1.92 bits per heavy atom. The molecule has 4 nitrogen and oxygen atoms in total. The van der Waals surface area contributed by atoms with Crippen LogP contribution in [0.4, 0.5) is 4.39 Å². The van der Waals surface area contributed by atoms with Crippen LogP contribution >= 0.6 is 0 Å². The number of ether oxygens (including phenoxy) is 1. The molecule has 0 spiro atoms. The number of nitrogens with zero attached hydrogens (tertiary/aromatic N) is 1. The number of rotatable bonds is 4. The largest absolute Gasteiger partial charge is 0.497 e. The number of likely N-dealkylation sites (N-methyl/N-ethyl adjacent to an activating group) is 1. The van der Waals surface area contributed by atoms with Crippen LogP contribution in [0.25, 0.3) is 0 Å². The number of benzene rings is 2. The fourth-order valence-electron chi connectivity index (χ4n) is 3.65. The zero-order valence-electron chi connectivity index (χ0n) is 13.6. The lowest BCUT2D eigenvalue weighted by atomic mass is 9.83. The summed E-state index contributed by atoms with van der Waals surface area (Å²) in [5, 5.41) is 9.82. The molecular weight excluding hydrogens is 309 g/mol. The molecule has 1 fully saturated rings. The Balaban J connectivity index is 1.98. The molecule has 3 unspecified atom stereocenters. The molecule has 0 radical (unpaired) electrons. The molecule has 0 aromatic heterocycles. The van der Waals surface area contributed by atoms with Crippen molar-refractivity contribution in [3.63, 3.8) is 0 Å². The monoisotopic (exact) mass is 329 g/mol. The predicted molar refractivity (Wildman–Crippen MR) is 88.6 cm³/mol. The van der Waals surface area contributed by atoms with E-state index in [4.69, 9.17) is 4.74 Å². The summed E-state index contributed by atoms with van der Waals surface area (Å²) in [5.41, 5.74) is 1.65. The predicted octanol–water partition coefficient (Wildman–Crippen LogP) is 3.31. The summed E-state index contributed by atoms with van der Waals surface area (Å²) in [5.74, 6) is -1.37. The standard InChI is InChI=1S/C19H20FNO3/c1-21-11-16(13-4-3-5-14(20)10-13)17(19(22)23)18(21)12-6-8-15(24-2)9-7-12/h3-10,16-18H,11H2,1-2H3,(H,22,23). The molecule has 0 bridgehead atoms. The number of carboxylic acid groups (broad SMARTS) is 1. The summed E-state index contributed by atoms with van der Waals surface area (Å²) >= 11 is 0. The first kappa shape index (κ1) is 16.5. The van der Waals surface area contributed by atoms with E-state index in [0.29, 0.717) is 6.54 Å². The van der Waals surface area contributed by atoms with Gasteiger partial charge in [-0.3, -0.25) is 9.69 Å². The summed E-state index contributed by atoms with van der Waals surface area (Å²) < 4.78 is 18.7. The Bertz CT molecular complexity index is 732. The van der Waals surface area contributed by atoms with Crippen LogP contribution < -0.4 is 4.74 Å². The zero-order valence-corrected chi connectivity index (χ0v) is 13.6. The molecule has 2 aromatic carbocycles. The van der Waals surface area contributed by atoms with Gasteiger partial charge >= 0.3 is 5.97 Å². The van der Waals surface area contributed by atoms with Crippen molar-refractivity contribution in [2.75, 3.05) is 20.7 Å². The van der Waals surface area contributed by atoms with E-state index in [1.54, 1.807) is 19.2 Å². The Labute approximate surface area is 140 Å². The van der Waals surface area contributed by atoms with Crippen LogP contribution in [0, 0.1) is 11.7 Å². The van der Waals surface area contributed by atoms with Crippen molar-refractivity contribution >= 4 is 5.97 Å². The molecular formula is C19H20FNO3. The van der Waals surface area contributed by atoms with E-state index in [0.717, 1.165) is 16.9 Å².